The predicted molar refractivity (Wildman–Crippen MR) is 89.9 cm³/mol. The van der Waals surface area contributed by atoms with Crippen LogP contribution in [0.4, 0.5) is 5.69 Å². The molecular formula is C17H19N3O3. The van der Waals surface area contributed by atoms with Crippen molar-refractivity contribution in [1.82, 2.24) is 5.43 Å². The number of amides is 1. The van der Waals surface area contributed by atoms with E-state index >= 15 is 0 Å². The van der Waals surface area contributed by atoms with E-state index in [1.807, 2.05) is 31.2 Å². The smallest absolute Gasteiger partial charge is 0.259 e. The second-order valence-electron chi connectivity index (χ2n) is 4.66. The summed E-state index contributed by atoms with van der Waals surface area (Å²) in [4.78, 5) is 11.7. The Hall–Kier alpha value is -3.02. The van der Waals surface area contributed by atoms with Gasteiger partial charge in [0.15, 0.2) is 0 Å². The maximum absolute atomic E-state index is 11.7. The largest absolute Gasteiger partial charge is 0.507 e. The van der Waals surface area contributed by atoms with Gasteiger partial charge < -0.3 is 15.2 Å². The Kier molecular flexibility index (Phi) is 5.99. The normalized spacial score (nSPS) is 10.5. The third-order valence-electron chi connectivity index (χ3n) is 2.95. The van der Waals surface area contributed by atoms with Crippen LogP contribution in [0.1, 0.15) is 12.5 Å². The Balaban J connectivity index is 1.78. The number of hydrogen-bond donors (Lipinski definition) is 3. The summed E-state index contributed by atoms with van der Waals surface area (Å²) in [6.07, 6.45) is 1.39. The molecule has 6 nitrogen and oxygen atoms in total. The van der Waals surface area contributed by atoms with E-state index < -0.39 is 0 Å². The van der Waals surface area contributed by atoms with Crippen LogP contribution in [0.25, 0.3) is 0 Å². The first-order valence-electron chi connectivity index (χ1n) is 7.25. The van der Waals surface area contributed by atoms with E-state index in [-0.39, 0.29) is 18.2 Å². The number of para-hydroxylation sites is 1. The molecule has 6 heteroatoms. The number of benzene rings is 2. The van der Waals surface area contributed by atoms with Crippen molar-refractivity contribution in [2.75, 3.05) is 18.5 Å². The van der Waals surface area contributed by atoms with Crippen LogP contribution < -0.4 is 15.5 Å². The lowest BCUT2D eigenvalue weighted by atomic mass is 10.2. The van der Waals surface area contributed by atoms with Crippen LogP contribution in [0, 0.1) is 0 Å². The number of nitrogens with zero attached hydrogens (tertiary/aromatic N) is 1. The van der Waals surface area contributed by atoms with Gasteiger partial charge in [-0.3, -0.25) is 4.79 Å². The van der Waals surface area contributed by atoms with Crippen LogP contribution in [-0.2, 0) is 4.79 Å². The molecule has 0 saturated carbocycles. The molecule has 1 amide bonds. The number of hydrogen-bond acceptors (Lipinski definition) is 5. The highest BCUT2D eigenvalue weighted by Gasteiger charge is 2.00. The number of aromatic hydroxyl groups is 1. The number of hydrazone groups is 1. The van der Waals surface area contributed by atoms with Crippen molar-refractivity contribution >= 4 is 17.8 Å². The van der Waals surface area contributed by atoms with Crippen LogP contribution in [-0.4, -0.2) is 30.4 Å². The molecule has 0 fully saturated rings. The second-order valence-corrected chi connectivity index (χ2v) is 4.66. The van der Waals surface area contributed by atoms with Gasteiger partial charge in [0.25, 0.3) is 5.91 Å². The van der Waals surface area contributed by atoms with Crippen molar-refractivity contribution in [3.63, 3.8) is 0 Å². The van der Waals surface area contributed by atoms with Crippen LogP contribution in [0.3, 0.4) is 0 Å². The molecular weight excluding hydrogens is 294 g/mol. The molecule has 0 atom stereocenters. The van der Waals surface area contributed by atoms with Gasteiger partial charge in [0.1, 0.15) is 11.5 Å². The minimum absolute atomic E-state index is 0.0894. The molecule has 120 valence electrons. The van der Waals surface area contributed by atoms with Crippen molar-refractivity contribution in [1.29, 1.82) is 0 Å². The molecule has 0 bridgehead atoms. The zero-order valence-corrected chi connectivity index (χ0v) is 12.8. The van der Waals surface area contributed by atoms with Gasteiger partial charge in [-0.25, -0.2) is 5.43 Å². The Labute approximate surface area is 134 Å². The number of phenolic OH excluding ortho intramolecular Hbond substituents is 1. The number of carbonyl (C=O) groups excluding carboxylic acids is 1. The monoisotopic (exact) mass is 313 g/mol. The van der Waals surface area contributed by atoms with Gasteiger partial charge in [-0.15, -0.1) is 0 Å². The highest BCUT2D eigenvalue weighted by Crippen LogP contribution is 2.15. The number of ether oxygens (including phenoxy) is 1. The van der Waals surface area contributed by atoms with E-state index in [1.165, 1.54) is 6.21 Å². The van der Waals surface area contributed by atoms with Crippen LogP contribution in [0.15, 0.2) is 53.6 Å². The minimum Gasteiger partial charge on any atom is -0.507 e. The molecule has 0 unspecified atom stereocenters. The average Bonchev–Trinajstić information content (AvgIpc) is 2.56. The lowest BCUT2D eigenvalue weighted by molar-refractivity contribution is -0.119. The molecule has 0 aromatic heterocycles. The van der Waals surface area contributed by atoms with Gasteiger partial charge >= 0.3 is 0 Å². The number of nitrogens with one attached hydrogen (secondary N) is 2. The molecule has 0 aliphatic carbocycles. The lowest BCUT2D eigenvalue weighted by Crippen LogP contribution is -2.25. The molecule has 23 heavy (non-hydrogen) atoms. The topological polar surface area (TPSA) is 83.0 Å². The summed E-state index contributed by atoms with van der Waals surface area (Å²) in [7, 11) is 0. The molecule has 0 aliphatic heterocycles. The fourth-order valence-corrected chi connectivity index (χ4v) is 1.83. The number of phenols is 1. The fourth-order valence-electron chi connectivity index (χ4n) is 1.83. The molecule has 2 aromatic carbocycles. The number of rotatable bonds is 7. The minimum atomic E-state index is -0.287. The third-order valence-corrected chi connectivity index (χ3v) is 2.95. The van der Waals surface area contributed by atoms with Crippen molar-refractivity contribution in [2.24, 2.45) is 5.10 Å². The van der Waals surface area contributed by atoms with Crippen LogP contribution in [0.5, 0.6) is 11.5 Å². The second kappa shape index (κ2) is 8.43. The van der Waals surface area contributed by atoms with Crippen molar-refractivity contribution in [2.45, 2.75) is 6.92 Å². The number of carbonyl (C=O) groups is 1. The highest BCUT2D eigenvalue weighted by molar-refractivity contribution is 5.86. The van der Waals surface area contributed by atoms with E-state index in [0.29, 0.717) is 12.2 Å². The molecule has 2 rings (SSSR count). The first-order valence-corrected chi connectivity index (χ1v) is 7.25. The van der Waals surface area contributed by atoms with E-state index in [9.17, 15) is 9.90 Å². The Bertz CT molecular complexity index is 669. The summed E-state index contributed by atoms with van der Waals surface area (Å²) in [5.74, 6) is 0.610. The third kappa shape index (κ3) is 5.35. The summed E-state index contributed by atoms with van der Waals surface area (Å²) in [5, 5.41) is 16.4. The maximum Gasteiger partial charge on any atom is 0.259 e. The lowest BCUT2D eigenvalue weighted by Gasteiger charge is -2.07. The summed E-state index contributed by atoms with van der Waals surface area (Å²) in [6.45, 7) is 2.63. The fraction of sp³-hybridized carbons (Fsp3) is 0.176. The molecule has 0 aliphatic rings. The van der Waals surface area contributed by atoms with E-state index in [4.69, 9.17) is 4.74 Å². The molecule has 0 saturated heterocycles. The quantitative estimate of drug-likeness (QED) is 0.541. The summed E-state index contributed by atoms with van der Waals surface area (Å²) in [5.41, 5.74) is 3.74. The Morgan fingerprint density at radius 1 is 1.22 bits per heavy atom. The molecule has 0 radical (unpaired) electrons. The Morgan fingerprint density at radius 2 is 1.96 bits per heavy atom. The van der Waals surface area contributed by atoms with Gasteiger partial charge in [0.2, 0.25) is 0 Å². The highest BCUT2D eigenvalue weighted by atomic mass is 16.5. The van der Waals surface area contributed by atoms with E-state index in [0.717, 1.165) is 11.4 Å². The zero-order valence-electron chi connectivity index (χ0n) is 12.8. The van der Waals surface area contributed by atoms with Crippen LogP contribution >= 0.6 is 0 Å². The summed E-state index contributed by atoms with van der Waals surface area (Å²) < 4.78 is 5.34. The first kappa shape index (κ1) is 16.4. The van der Waals surface area contributed by atoms with Crippen molar-refractivity contribution in [3.8, 4) is 11.5 Å². The van der Waals surface area contributed by atoms with Gasteiger partial charge in [-0.1, -0.05) is 12.1 Å². The van der Waals surface area contributed by atoms with E-state index in [2.05, 4.69) is 15.8 Å². The first-order chi connectivity index (χ1) is 11.2. The molecule has 0 spiro atoms. The maximum atomic E-state index is 11.7. The van der Waals surface area contributed by atoms with E-state index in [1.54, 1.807) is 24.3 Å². The Morgan fingerprint density at radius 3 is 2.65 bits per heavy atom. The SMILES string of the molecule is CCOc1ccc(NCC(=O)N/N=C\c2ccccc2O)cc1. The molecule has 3 N–H and O–H groups in total. The average molecular weight is 313 g/mol. The summed E-state index contributed by atoms with van der Waals surface area (Å²) >= 11 is 0. The van der Waals surface area contributed by atoms with Gasteiger partial charge in [0, 0.05) is 11.3 Å². The number of anilines is 1. The van der Waals surface area contributed by atoms with Gasteiger partial charge in [0.05, 0.1) is 19.4 Å². The standard InChI is InChI=1S/C17H19N3O3/c1-2-23-15-9-7-14(8-10-15)18-12-17(22)20-19-11-13-5-3-4-6-16(13)21/h3-11,18,21H,2,12H2,1H3,(H,20,22)/b19-11-. The zero-order chi connectivity index (χ0) is 16.5. The molecule has 2 aromatic rings. The van der Waals surface area contributed by atoms with Gasteiger partial charge in [-0.05, 0) is 43.3 Å². The van der Waals surface area contributed by atoms with Crippen molar-refractivity contribution < 1.29 is 14.6 Å². The predicted octanol–water partition coefficient (Wildman–Crippen LogP) is 2.35. The summed E-state index contributed by atoms with van der Waals surface area (Å²) in [6, 6.07) is 14.1. The molecule has 0 heterocycles. The van der Waals surface area contributed by atoms with Crippen LogP contribution in [0.2, 0.25) is 0 Å². The van der Waals surface area contributed by atoms with Crippen molar-refractivity contribution in [3.05, 3.63) is 54.1 Å². The van der Waals surface area contributed by atoms with Gasteiger partial charge in [-0.2, -0.15) is 5.10 Å².